The Labute approximate surface area is 111 Å². The molecule has 18 heavy (non-hydrogen) atoms. The molecule has 1 fully saturated rings. The predicted molar refractivity (Wildman–Crippen MR) is 74.5 cm³/mol. The van der Waals surface area contributed by atoms with Crippen LogP contribution in [0.4, 0.5) is 0 Å². The second-order valence-electron chi connectivity index (χ2n) is 5.96. The maximum absolute atomic E-state index is 11.1. The summed E-state index contributed by atoms with van der Waals surface area (Å²) in [6.45, 7) is 0.527. The third-order valence-corrected chi connectivity index (χ3v) is 4.37. The molecule has 0 aromatic heterocycles. The molecule has 3 heteroatoms. The van der Waals surface area contributed by atoms with Gasteiger partial charge in [0, 0.05) is 0 Å². The summed E-state index contributed by atoms with van der Waals surface area (Å²) in [6.07, 6.45) is 13.7. The van der Waals surface area contributed by atoms with Crippen LogP contribution in [-0.4, -0.2) is 17.6 Å². The number of nitrogens with two attached hydrogens (primary N) is 1. The fourth-order valence-corrected chi connectivity index (χ4v) is 3.14. The van der Waals surface area contributed by atoms with Crippen molar-refractivity contribution in [3.63, 3.8) is 0 Å². The van der Waals surface area contributed by atoms with Gasteiger partial charge in [-0.15, -0.1) is 0 Å². The van der Waals surface area contributed by atoms with Crippen LogP contribution in [0, 0.1) is 5.41 Å². The van der Waals surface area contributed by atoms with E-state index in [2.05, 4.69) is 0 Å². The average Bonchev–Trinajstić information content (AvgIpc) is 2.32. The van der Waals surface area contributed by atoms with Crippen LogP contribution in [0.25, 0.3) is 0 Å². The lowest BCUT2D eigenvalue weighted by molar-refractivity contribution is -0.140. The second-order valence-corrected chi connectivity index (χ2v) is 5.96. The molecule has 0 spiro atoms. The lowest BCUT2D eigenvalue weighted by Gasteiger charge is -2.31. The zero-order valence-corrected chi connectivity index (χ0v) is 11.6. The van der Waals surface area contributed by atoms with Crippen molar-refractivity contribution in [3.05, 3.63) is 0 Å². The minimum absolute atomic E-state index is 0.134. The van der Waals surface area contributed by atoms with E-state index < -0.39 is 5.97 Å². The highest BCUT2D eigenvalue weighted by atomic mass is 16.4. The van der Waals surface area contributed by atoms with E-state index in [1.54, 1.807) is 0 Å². The summed E-state index contributed by atoms with van der Waals surface area (Å²) in [5, 5.41) is 9.10. The van der Waals surface area contributed by atoms with Crippen molar-refractivity contribution in [2.45, 2.75) is 77.0 Å². The van der Waals surface area contributed by atoms with Gasteiger partial charge >= 0.3 is 5.97 Å². The van der Waals surface area contributed by atoms with Crippen LogP contribution >= 0.6 is 0 Å². The van der Waals surface area contributed by atoms with Gasteiger partial charge in [0.15, 0.2) is 0 Å². The number of hydrogen-bond acceptors (Lipinski definition) is 2. The van der Waals surface area contributed by atoms with E-state index in [0.717, 1.165) is 25.7 Å². The van der Waals surface area contributed by atoms with Crippen LogP contribution in [0.1, 0.15) is 77.0 Å². The van der Waals surface area contributed by atoms with Crippen molar-refractivity contribution >= 4 is 5.97 Å². The first-order chi connectivity index (χ1) is 8.68. The van der Waals surface area contributed by atoms with Crippen molar-refractivity contribution in [2.75, 3.05) is 6.54 Å². The van der Waals surface area contributed by atoms with Crippen molar-refractivity contribution < 1.29 is 9.90 Å². The molecule has 1 aliphatic carbocycles. The molecule has 0 saturated heterocycles. The molecule has 0 aliphatic heterocycles. The predicted octanol–water partition coefficient (Wildman–Crippen LogP) is 3.71. The number of carboxylic acid groups (broad SMARTS) is 1. The van der Waals surface area contributed by atoms with E-state index in [1.807, 2.05) is 0 Å². The topological polar surface area (TPSA) is 63.3 Å². The lowest BCUT2D eigenvalue weighted by atomic mass is 9.75. The first-order valence-electron chi connectivity index (χ1n) is 7.60. The van der Waals surface area contributed by atoms with E-state index in [0.29, 0.717) is 6.54 Å². The molecule has 1 aliphatic rings. The summed E-state index contributed by atoms with van der Waals surface area (Å²) in [7, 11) is 0. The maximum atomic E-state index is 11.1. The summed E-state index contributed by atoms with van der Waals surface area (Å²) in [6, 6.07) is 0. The van der Waals surface area contributed by atoms with Gasteiger partial charge in [-0.3, -0.25) is 4.79 Å². The minimum atomic E-state index is -0.687. The normalized spacial score (nSPS) is 22.7. The smallest absolute Gasteiger partial charge is 0.303 e. The van der Waals surface area contributed by atoms with Crippen LogP contribution in [-0.2, 0) is 4.79 Å². The zero-order chi connectivity index (χ0) is 13.3. The molecule has 0 aromatic carbocycles. The monoisotopic (exact) mass is 255 g/mol. The second kappa shape index (κ2) is 8.52. The Morgan fingerprint density at radius 2 is 1.28 bits per heavy atom. The van der Waals surface area contributed by atoms with Gasteiger partial charge < -0.3 is 10.8 Å². The maximum Gasteiger partial charge on any atom is 0.303 e. The molecule has 0 unspecified atom stereocenters. The molecule has 3 nitrogen and oxygen atoms in total. The van der Waals surface area contributed by atoms with Gasteiger partial charge in [0.1, 0.15) is 0 Å². The SMILES string of the molecule is NCC1(CC(=O)O)CCCCCCCCCCC1. The summed E-state index contributed by atoms with van der Waals surface area (Å²) in [5.74, 6) is -0.687. The van der Waals surface area contributed by atoms with Crippen molar-refractivity contribution in [1.82, 2.24) is 0 Å². The van der Waals surface area contributed by atoms with Crippen molar-refractivity contribution in [2.24, 2.45) is 11.1 Å². The molecule has 3 N–H and O–H groups in total. The van der Waals surface area contributed by atoms with E-state index in [4.69, 9.17) is 10.8 Å². The summed E-state index contributed by atoms with van der Waals surface area (Å²) >= 11 is 0. The number of hydrogen-bond donors (Lipinski definition) is 2. The highest BCUT2D eigenvalue weighted by molar-refractivity contribution is 5.67. The Balaban J connectivity index is 2.54. The third kappa shape index (κ3) is 5.85. The fraction of sp³-hybridized carbons (Fsp3) is 0.933. The van der Waals surface area contributed by atoms with Gasteiger partial charge in [0.2, 0.25) is 0 Å². The molecule has 0 radical (unpaired) electrons. The van der Waals surface area contributed by atoms with Gasteiger partial charge in [0.05, 0.1) is 6.42 Å². The van der Waals surface area contributed by atoms with Crippen LogP contribution in [0.5, 0.6) is 0 Å². The van der Waals surface area contributed by atoms with Gasteiger partial charge in [-0.1, -0.05) is 57.8 Å². The Hall–Kier alpha value is -0.570. The molecule has 1 rings (SSSR count). The largest absolute Gasteiger partial charge is 0.481 e. The van der Waals surface area contributed by atoms with E-state index in [1.165, 1.54) is 44.9 Å². The molecular weight excluding hydrogens is 226 g/mol. The molecule has 0 atom stereocenters. The average molecular weight is 255 g/mol. The quantitative estimate of drug-likeness (QED) is 0.808. The highest BCUT2D eigenvalue weighted by Gasteiger charge is 2.30. The molecule has 0 aromatic rings. The molecule has 0 amide bonds. The fourth-order valence-electron chi connectivity index (χ4n) is 3.14. The van der Waals surface area contributed by atoms with E-state index in [9.17, 15) is 4.79 Å². The Kier molecular flexibility index (Phi) is 7.33. The van der Waals surface area contributed by atoms with Crippen LogP contribution in [0.3, 0.4) is 0 Å². The molecular formula is C15H29NO2. The Morgan fingerprint density at radius 3 is 1.61 bits per heavy atom. The number of carbonyl (C=O) groups is 1. The summed E-state index contributed by atoms with van der Waals surface area (Å²) in [5.41, 5.74) is 5.77. The Morgan fingerprint density at radius 1 is 0.889 bits per heavy atom. The van der Waals surface area contributed by atoms with Crippen LogP contribution in [0.2, 0.25) is 0 Å². The molecule has 106 valence electrons. The molecule has 0 bridgehead atoms. The zero-order valence-electron chi connectivity index (χ0n) is 11.6. The number of carboxylic acids is 1. The lowest BCUT2D eigenvalue weighted by Crippen LogP contribution is -2.33. The molecule has 1 saturated carbocycles. The van der Waals surface area contributed by atoms with Crippen molar-refractivity contribution in [1.29, 1.82) is 0 Å². The first-order valence-corrected chi connectivity index (χ1v) is 7.60. The first kappa shape index (κ1) is 15.5. The third-order valence-electron chi connectivity index (χ3n) is 4.37. The van der Waals surface area contributed by atoms with Crippen LogP contribution < -0.4 is 5.73 Å². The minimum Gasteiger partial charge on any atom is -0.481 e. The summed E-state index contributed by atoms with van der Waals surface area (Å²) < 4.78 is 0. The Bertz CT molecular complexity index is 229. The van der Waals surface area contributed by atoms with Gasteiger partial charge in [0.25, 0.3) is 0 Å². The number of rotatable bonds is 3. The number of aliphatic carboxylic acids is 1. The van der Waals surface area contributed by atoms with Gasteiger partial charge in [-0.2, -0.15) is 0 Å². The van der Waals surface area contributed by atoms with Crippen molar-refractivity contribution in [3.8, 4) is 0 Å². The standard InChI is InChI=1S/C15H29NO2/c16-13-15(12-14(17)18)10-8-6-4-2-1-3-5-7-9-11-15/h1-13,16H2,(H,17,18). The van der Waals surface area contributed by atoms with E-state index >= 15 is 0 Å². The highest BCUT2D eigenvalue weighted by Crippen LogP contribution is 2.35. The van der Waals surface area contributed by atoms with E-state index in [-0.39, 0.29) is 11.8 Å². The van der Waals surface area contributed by atoms with Crippen LogP contribution in [0.15, 0.2) is 0 Å². The molecule has 0 heterocycles. The van der Waals surface area contributed by atoms with Gasteiger partial charge in [-0.05, 0) is 24.8 Å². The van der Waals surface area contributed by atoms with Gasteiger partial charge in [-0.25, -0.2) is 0 Å². The summed E-state index contributed by atoms with van der Waals surface area (Å²) in [4.78, 5) is 11.1.